The number of likely N-dealkylation sites (tertiary alicyclic amines) is 1. The zero-order chi connectivity index (χ0) is 19.8. The number of nitrogens with zero attached hydrogens (tertiary/aromatic N) is 3. The number of hydrogen-bond donors (Lipinski definition) is 0. The highest BCUT2D eigenvalue weighted by molar-refractivity contribution is 5.84. The quantitative estimate of drug-likeness (QED) is 0.778. The summed E-state index contributed by atoms with van der Waals surface area (Å²) < 4.78 is 5.31. The van der Waals surface area contributed by atoms with Gasteiger partial charge in [-0.25, -0.2) is 0 Å². The van der Waals surface area contributed by atoms with Crippen molar-refractivity contribution in [2.24, 2.45) is 5.92 Å². The first-order chi connectivity index (χ1) is 13.5. The maximum atomic E-state index is 13.1. The van der Waals surface area contributed by atoms with Crippen LogP contribution in [-0.4, -0.2) is 79.4 Å². The van der Waals surface area contributed by atoms with Crippen LogP contribution in [0.5, 0.6) is 5.75 Å². The second kappa shape index (κ2) is 7.74. The van der Waals surface area contributed by atoms with E-state index in [1.165, 1.54) is 18.4 Å². The SMILES string of the molecule is COc1ccc([C@H]2CN(C(=O)CCC(=O)N(C)C)[C@H]3C4CCN(CC4)[C@@H]23)cc1. The second-order valence-corrected chi connectivity index (χ2v) is 8.57. The maximum Gasteiger partial charge on any atom is 0.223 e. The lowest BCUT2D eigenvalue weighted by Crippen LogP contribution is -2.60. The van der Waals surface area contributed by atoms with Crippen LogP contribution in [0, 0.1) is 5.92 Å². The summed E-state index contributed by atoms with van der Waals surface area (Å²) >= 11 is 0. The number of fused-ring (bicyclic) bond motifs is 2. The monoisotopic (exact) mass is 385 g/mol. The Hall–Kier alpha value is -2.08. The van der Waals surface area contributed by atoms with Gasteiger partial charge in [-0.15, -0.1) is 0 Å². The van der Waals surface area contributed by atoms with Gasteiger partial charge in [-0.3, -0.25) is 14.5 Å². The van der Waals surface area contributed by atoms with Crippen LogP contribution in [0.15, 0.2) is 24.3 Å². The van der Waals surface area contributed by atoms with E-state index in [0.717, 1.165) is 25.4 Å². The molecule has 1 aromatic rings. The van der Waals surface area contributed by atoms with E-state index in [1.54, 1.807) is 26.1 Å². The van der Waals surface area contributed by atoms with E-state index in [2.05, 4.69) is 21.9 Å². The van der Waals surface area contributed by atoms with E-state index in [1.807, 2.05) is 12.1 Å². The highest BCUT2D eigenvalue weighted by atomic mass is 16.5. The molecule has 5 rings (SSSR count). The molecule has 4 saturated heterocycles. The van der Waals surface area contributed by atoms with Crippen LogP contribution in [0.25, 0.3) is 0 Å². The van der Waals surface area contributed by atoms with Gasteiger partial charge in [0.2, 0.25) is 11.8 Å². The van der Waals surface area contributed by atoms with Gasteiger partial charge in [-0.05, 0) is 49.5 Å². The van der Waals surface area contributed by atoms with E-state index >= 15 is 0 Å². The molecule has 152 valence electrons. The Morgan fingerprint density at radius 1 is 1.07 bits per heavy atom. The number of hydrogen-bond acceptors (Lipinski definition) is 4. The van der Waals surface area contributed by atoms with E-state index in [4.69, 9.17) is 4.74 Å². The van der Waals surface area contributed by atoms with Gasteiger partial charge >= 0.3 is 0 Å². The van der Waals surface area contributed by atoms with E-state index in [9.17, 15) is 9.59 Å². The van der Waals surface area contributed by atoms with Gasteiger partial charge in [0.05, 0.1) is 13.2 Å². The summed E-state index contributed by atoms with van der Waals surface area (Å²) in [6, 6.07) is 9.01. The zero-order valence-electron chi connectivity index (χ0n) is 17.1. The normalized spacial score (nSPS) is 30.8. The first-order valence-corrected chi connectivity index (χ1v) is 10.4. The summed E-state index contributed by atoms with van der Waals surface area (Å²) in [6.45, 7) is 3.03. The Bertz CT molecular complexity index is 725. The smallest absolute Gasteiger partial charge is 0.223 e. The molecule has 2 bridgehead atoms. The van der Waals surface area contributed by atoms with Crippen molar-refractivity contribution in [3.05, 3.63) is 29.8 Å². The number of rotatable bonds is 5. The number of piperidine rings is 3. The lowest BCUT2D eigenvalue weighted by Gasteiger charge is -2.51. The van der Waals surface area contributed by atoms with E-state index in [-0.39, 0.29) is 17.9 Å². The topological polar surface area (TPSA) is 53.1 Å². The second-order valence-electron chi connectivity index (χ2n) is 8.57. The van der Waals surface area contributed by atoms with E-state index < -0.39 is 0 Å². The Morgan fingerprint density at radius 3 is 2.36 bits per heavy atom. The molecular weight excluding hydrogens is 354 g/mol. The van der Waals surface area contributed by atoms with Crippen LogP contribution in [0.1, 0.15) is 37.2 Å². The van der Waals surface area contributed by atoms with Gasteiger partial charge < -0.3 is 14.5 Å². The van der Waals surface area contributed by atoms with Crippen LogP contribution in [0.3, 0.4) is 0 Å². The predicted octanol–water partition coefficient (Wildman–Crippen LogP) is 1.95. The molecule has 4 aliphatic heterocycles. The Kier molecular flexibility index (Phi) is 5.32. The standard InChI is InChI=1S/C22H31N3O3/c1-23(2)19(26)8-9-20(27)25-14-18(15-4-6-17(28-3)7-5-15)22-21(25)16-10-12-24(22)13-11-16/h4-7,16,18,21-22H,8-14H2,1-3H3/t18-,21+,22+/m1/s1. The zero-order valence-corrected chi connectivity index (χ0v) is 17.1. The number of ether oxygens (including phenoxy) is 1. The third-order valence-electron chi connectivity index (χ3n) is 6.91. The van der Waals surface area contributed by atoms with Crippen molar-refractivity contribution in [2.75, 3.05) is 40.8 Å². The summed E-state index contributed by atoms with van der Waals surface area (Å²) in [5.74, 6) is 1.93. The lowest BCUT2D eigenvalue weighted by atomic mass is 9.75. The van der Waals surface area contributed by atoms with Gasteiger partial charge in [0.1, 0.15) is 5.75 Å². The Morgan fingerprint density at radius 2 is 1.75 bits per heavy atom. The molecule has 1 aromatic carbocycles. The van der Waals surface area contributed by atoms with Crippen LogP contribution in [0.2, 0.25) is 0 Å². The first kappa shape index (κ1) is 19.2. The fourth-order valence-corrected chi connectivity index (χ4v) is 5.43. The van der Waals surface area contributed by atoms with Gasteiger partial charge in [-0.2, -0.15) is 0 Å². The molecule has 0 saturated carbocycles. The minimum atomic E-state index is 0.0183. The van der Waals surface area contributed by atoms with Crippen molar-refractivity contribution in [2.45, 2.75) is 43.7 Å². The molecule has 4 aliphatic rings. The molecule has 0 unspecified atom stereocenters. The lowest BCUT2D eigenvalue weighted by molar-refractivity contribution is -0.139. The minimum Gasteiger partial charge on any atom is -0.497 e. The number of carbonyl (C=O) groups excluding carboxylic acids is 2. The molecule has 0 aliphatic carbocycles. The summed E-state index contributed by atoms with van der Waals surface area (Å²) in [6.07, 6.45) is 2.96. The number of amides is 2. The third-order valence-corrected chi connectivity index (χ3v) is 6.91. The largest absolute Gasteiger partial charge is 0.497 e. The molecule has 3 atom stereocenters. The van der Waals surface area contributed by atoms with Crippen LogP contribution in [0.4, 0.5) is 0 Å². The fraction of sp³-hybridized carbons (Fsp3) is 0.636. The van der Waals surface area contributed by atoms with Crippen LogP contribution >= 0.6 is 0 Å². The Balaban J connectivity index is 1.56. The minimum absolute atomic E-state index is 0.0183. The molecular formula is C22H31N3O3. The highest BCUT2D eigenvalue weighted by Gasteiger charge is 2.54. The average molecular weight is 386 g/mol. The maximum absolute atomic E-state index is 13.1. The van der Waals surface area contributed by atoms with Crippen LogP contribution in [-0.2, 0) is 9.59 Å². The third kappa shape index (κ3) is 3.39. The van der Waals surface area contributed by atoms with Gasteiger partial charge in [0.25, 0.3) is 0 Å². The van der Waals surface area contributed by atoms with Crippen molar-refractivity contribution in [3.8, 4) is 5.75 Å². The molecule has 0 aromatic heterocycles. The number of benzene rings is 1. The number of carbonyl (C=O) groups is 2. The molecule has 28 heavy (non-hydrogen) atoms. The summed E-state index contributed by atoms with van der Waals surface area (Å²) in [5, 5.41) is 0. The molecule has 2 amide bonds. The molecule has 6 heteroatoms. The summed E-state index contributed by atoms with van der Waals surface area (Å²) in [4.78, 5) is 31.3. The summed E-state index contributed by atoms with van der Waals surface area (Å²) in [7, 11) is 5.17. The number of methoxy groups -OCH3 is 1. The van der Waals surface area contributed by atoms with Gasteiger partial charge in [0.15, 0.2) is 0 Å². The molecule has 4 fully saturated rings. The van der Waals surface area contributed by atoms with Crippen molar-refractivity contribution >= 4 is 11.8 Å². The first-order valence-electron chi connectivity index (χ1n) is 10.4. The van der Waals surface area contributed by atoms with E-state index in [0.29, 0.717) is 30.7 Å². The average Bonchev–Trinajstić information content (AvgIpc) is 3.15. The fourth-order valence-electron chi connectivity index (χ4n) is 5.43. The van der Waals surface area contributed by atoms with Crippen LogP contribution < -0.4 is 4.74 Å². The molecule has 6 nitrogen and oxygen atoms in total. The molecule has 0 spiro atoms. The summed E-state index contributed by atoms with van der Waals surface area (Å²) in [5.41, 5.74) is 1.28. The van der Waals surface area contributed by atoms with Crippen molar-refractivity contribution in [1.29, 1.82) is 0 Å². The molecule has 0 N–H and O–H groups in total. The highest BCUT2D eigenvalue weighted by Crippen LogP contribution is 2.46. The molecule has 0 radical (unpaired) electrons. The van der Waals surface area contributed by atoms with Crippen molar-refractivity contribution < 1.29 is 14.3 Å². The predicted molar refractivity (Wildman–Crippen MR) is 107 cm³/mol. The Labute approximate surface area is 167 Å². The molecule has 4 heterocycles. The van der Waals surface area contributed by atoms with Crippen molar-refractivity contribution in [1.82, 2.24) is 14.7 Å². The van der Waals surface area contributed by atoms with Gasteiger partial charge in [-0.1, -0.05) is 12.1 Å². The van der Waals surface area contributed by atoms with Gasteiger partial charge in [0, 0.05) is 45.4 Å². The van der Waals surface area contributed by atoms with Crippen molar-refractivity contribution in [3.63, 3.8) is 0 Å².